The Morgan fingerprint density at radius 2 is 1.73 bits per heavy atom. The van der Waals surface area contributed by atoms with Crippen LogP contribution >= 0.6 is 11.6 Å². The van der Waals surface area contributed by atoms with Gasteiger partial charge >= 0.3 is 6.01 Å². The number of benzene rings is 1. The predicted molar refractivity (Wildman–Crippen MR) is 104 cm³/mol. The van der Waals surface area contributed by atoms with Gasteiger partial charge in [0.25, 0.3) is 0 Å². The molecule has 3 rings (SSSR count). The highest BCUT2D eigenvalue weighted by molar-refractivity contribution is 6.28. The van der Waals surface area contributed by atoms with Gasteiger partial charge in [-0.2, -0.15) is 15.0 Å². The zero-order chi connectivity index (χ0) is 18.8. The fraction of sp³-hybridized carbons (Fsp3) is 0.526. The maximum Gasteiger partial charge on any atom is 0.322 e. The minimum absolute atomic E-state index is 0.132. The van der Waals surface area contributed by atoms with Gasteiger partial charge in [0.1, 0.15) is 12.4 Å². The van der Waals surface area contributed by atoms with E-state index >= 15 is 0 Å². The number of anilines is 1. The summed E-state index contributed by atoms with van der Waals surface area (Å²) in [6, 6.07) is 8.26. The molecule has 26 heavy (non-hydrogen) atoms. The first-order chi connectivity index (χ1) is 12.7. The fourth-order valence-corrected chi connectivity index (χ4v) is 2.91. The number of hydrogen-bond donors (Lipinski definition) is 1. The van der Waals surface area contributed by atoms with Crippen molar-refractivity contribution in [1.29, 1.82) is 0 Å². The monoisotopic (exact) mass is 378 g/mol. The van der Waals surface area contributed by atoms with Crippen molar-refractivity contribution in [2.24, 2.45) is 0 Å². The van der Waals surface area contributed by atoms with Gasteiger partial charge in [-0.25, -0.2) is 0 Å². The average Bonchev–Trinajstić information content (AvgIpc) is 2.69. The lowest BCUT2D eigenvalue weighted by molar-refractivity contribution is 0.280. The molecule has 0 aliphatic heterocycles. The average molecular weight is 379 g/mol. The zero-order valence-corrected chi connectivity index (χ0v) is 16.4. The first kappa shape index (κ1) is 20.2. The molecule has 0 amide bonds. The minimum Gasteiger partial charge on any atom is -0.497 e. The van der Waals surface area contributed by atoms with Crippen molar-refractivity contribution in [3.05, 3.63) is 35.1 Å². The molecule has 1 fully saturated rings. The van der Waals surface area contributed by atoms with E-state index < -0.39 is 0 Å². The summed E-state index contributed by atoms with van der Waals surface area (Å²) < 4.78 is 10.8. The quantitative estimate of drug-likeness (QED) is 0.772. The molecule has 1 N–H and O–H groups in total. The first-order valence-corrected chi connectivity index (χ1v) is 9.54. The van der Waals surface area contributed by atoms with Crippen molar-refractivity contribution in [2.75, 3.05) is 12.4 Å². The molecular formula is C19H27ClN4O2. The number of nitrogens with one attached hydrogen (secondary N) is 1. The van der Waals surface area contributed by atoms with Crippen molar-refractivity contribution in [1.82, 2.24) is 15.0 Å². The molecule has 0 unspecified atom stereocenters. The van der Waals surface area contributed by atoms with Crippen molar-refractivity contribution < 1.29 is 9.47 Å². The highest BCUT2D eigenvalue weighted by atomic mass is 35.5. The van der Waals surface area contributed by atoms with Gasteiger partial charge in [0.2, 0.25) is 11.2 Å². The Morgan fingerprint density at radius 3 is 2.38 bits per heavy atom. The number of aromatic nitrogens is 3. The maximum atomic E-state index is 5.99. The van der Waals surface area contributed by atoms with Crippen LogP contribution in [0, 0.1) is 0 Å². The second-order valence-electron chi connectivity index (χ2n) is 5.83. The molecule has 0 bridgehead atoms. The second-order valence-corrected chi connectivity index (χ2v) is 6.16. The van der Waals surface area contributed by atoms with Gasteiger partial charge in [-0.1, -0.05) is 45.2 Å². The summed E-state index contributed by atoms with van der Waals surface area (Å²) in [5.74, 6) is 1.28. The number of halogens is 1. The van der Waals surface area contributed by atoms with Crippen LogP contribution in [0.2, 0.25) is 5.28 Å². The Labute approximate surface area is 160 Å². The van der Waals surface area contributed by atoms with Gasteiger partial charge in [-0.05, 0) is 42.1 Å². The molecule has 1 aliphatic rings. The summed E-state index contributed by atoms with van der Waals surface area (Å²) in [4.78, 5) is 12.5. The molecule has 142 valence electrons. The summed E-state index contributed by atoms with van der Waals surface area (Å²) in [7, 11) is 1.64. The predicted octanol–water partition coefficient (Wildman–Crippen LogP) is 4.88. The molecule has 1 saturated carbocycles. The zero-order valence-electron chi connectivity index (χ0n) is 15.7. The molecule has 0 spiro atoms. The highest BCUT2D eigenvalue weighted by Crippen LogP contribution is 2.21. The fourth-order valence-electron chi connectivity index (χ4n) is 2.76. The molecule has 0 radical (unpaired) electrons. The van der Waals surface area contributed by atoms with Crippen molar-refractivity contribution in [2.45, 2.75) is 58.6 Å². The van der Waals surface area contributed by atoms with Crippen LogP contribution in [0.15, 0.2) is 24.3 Å². The van der Waals surface area contributed by atoms with Gasteiger partial charge in [-0.15, -0.1) is 0 Å². The van der Waals surface area contributed by atoms with Crippen LogP contribution in [0.25, 0.3) is 0 Å². The Kier molecular flexibility index (Phi) is 8.41. The third kappa shape index (κ3) is 6.33. The van der Waals surface area contributed by atoms with Gasteiger partial charge in [0.05, 0.1) is 7.11 Å². The van der Waals surface area contributed by atoms with Crippen LogP contribution in [-0.4, -0.2) is 28.1 Å². The summed E-state index contributed by atoms with van der Waals surface area (Å²) in [5.41, 5.74) is 0.995. The lowest BCUT2D eigenvalue weighted by Crippen LogP contribution is -2.23. The standard InChI is InChI=1S/C17H21ClN4O2.C2H6/c1-23-14-9-7-12(8-10-14)11-24-17-21-15(18)20-16(22-17)19-13-5-3-2-4-6-13;1-2/h7-10,13H,2-6,11H2,1H3,(H,19,20,21,22);1-2H3. The minimum atomic E-state index is 0.132. The van der Waals surface area contributed by atoms with Crippen molar-refractivity contribution in [3.63, 3.8) is 0 Å². The number of rotatable bonds is 6. The summed E-state index contributed by atoms with van der Waals surface area (Å²) in [6.45, 7) is 4.35. The van der Waals surface area contributed by atoms with E-state index in [-0.39, 0.29) is 11.3 Å². The van der Waals surface area contributed by atoms with E-state index in [0.29, 0.717) is 18.6 Å². The topological polar surface area (TPSA) is 69.2 Å². The molecule has 6 nitrogen and oxygen atoms in total. The lowest BCUT2D eigenvalue weighted by atomic mass is 9.96. The molecule has 7 heteroatoms. The summed E-state index contributed by atoms with van der Waals surface area (Å²) in [5, 5.41) is 3.46. The SMILES string of the molecule is CC.COc1ccc(COc2nc(Cl)nc(NC3CCCCC3)n2)cc1. The normalized spacial score (nSPS) is 14.2. The van der Waals surface area contributed by atoms with Gasteiger partial charge < -0.3 is 14.8 Å². The summed E-state index contributed by atoms with van der Waals surface area (Å²) in [6.07, 6.45) is 6.03. The van der Waals surface area contributed by atoms with Crippen LogP contribution in [0.1, 0.15) is 51.5 Å². The van der Waals surface area contributed by atoms with E-state index in [9.17, 15) is 0 Å². The van der Waals surface area contributed by atoms with Crippen LogP contribution in [0.4, 0.5) is 5.95 Å². The Hall–Kier alpha value is -2.08. The van der Waals surface area contributed by atoms with E-state index in [4.69, 9.17) is 21.1 Å². The Balaban J connectivity index is 0.00000117. The van der Waals surface area contributed by atoms with E-state index in [1.807, 2.05) is 38.1 Å². The van der Waals surface area contributed by atoms with E-state index in [0.717, 1.165) is 24.2 Å². The van der Waals surface area contributed by atoms with Crippen LogP contribution < -0.4 is 14.8 Å². The number of methoxy groups -OCH3 is 1. The molecule has 2 aromatic rings. The second kappa shape index (κ2) is 10.8. The van der Waals surface area contributed by atoms with E-state index in [2.05, 4.69) is 20.3 Å². The molecule has 1 aromatic heterocycles. The molecule has 0 saturated heterocycles. The highest BCUT2D eigenvalue weighted by Gasteiger charge is 2.15. The largest absolute Gasteiger partial charge is 0.497 e. The Bertz CT molecular complexity index is 661. The van der Waals surface area contributed by atoms with Crippen molar-refractivity contribution in [3.8, 4) is 11.8 Å². The van der Waals surface area contributed by atoms with Gasteiger partial charge in [0.15, 0.2) is 0 Å². The lowest BCUT2D eigenvalue weighted by Gasteiger charge is -2.22. The van der Waals surface area contributed by atoms with Crippen LogP contribution in [-0.2, 0) is 6.61 Å². The number of nitrogens with zero attached hydrogens (tertiary/aromatic N) is 3. The third-order valence-electron chi connectivity index (χ3n) is 4.05. The van der Waals surface area contributed by atoms with Gasteiger partial charge in [-0.3, -0.25) is 0 Å². The molecule has 1 heterocycles. The molecule has 0 atom stereocenters. The number of ether oxygens (including phenoxy) is 2. The first-order valence-electron chi connectivity index (χ1n) is 9.17. The van der Waals surface area contributed by atoms with Crippen molar-refractivity contribution >= 4 is 17.5 Å². The molecule has 1 aromatic carbocycles. The van der Waals surface area contributed by atoms with E-state index in [1.165, 1.54) is 19.3 Å². The van der Waals surface area contributed by atoms with E-state index in [1.54, 1.807) is 7.11 Å². The van der Waals surface area contributed by atoms with Crippen LogP contribution in [0.5, 0.6) is 11.8 Å². The van der Waals surface area contributed by atoms with Gasteiger partial charge in [0, 0.05) is 6.04 Å². The third-order valence-corrected chi connectivity index (χ3v) is 4.22. The maximum absolute atomic E-state index is 5.99. The Morgan fingerprint density at radius 1 is 1.04 bits per heavy atom. The molecular weight excluding hydrogens is 352 g/mol. The molecule has 1 aliphatic carbocycles. The number of hydrogen-bond acceptors (Lipinski definition) is 6. The summed E-state index contributed by atoms with van der Waals surface area (Å²) >= 11 is 5.99. The van der Waals surface area contributed by atoms with Crippen LogP contribution in [0.3, 0.4) is 0 Å². The smallest absolute Gasteiger partial charge is 0.322 e.